The molecule has 0 radical (unpaired) electrons. The smallest absolute Gasteiger partial charge is 0.0620 e. The topological polar surface area (TPSA) is 17.1 Å². The summed E-state index contributed by atoms with van der Waals surface area (Å²) in [5.74, 6) is 0. The quantitative estimate of drug-likeness (QED) is 0.0546. The molecule has 0 bridgehead atoms. The number of hydrogen-bond donors (Lipinski definition) is 0. The fourth-order valence-corrected chi connectivity index (χ4v) is 9.78. The van der Waals surface area contributed by atoms with Crippen LogP contribution < -0.4 is 31.8 Å². The van der Waals surface area contributed by atoms with Gasteiger partial charge in [-0.05, 0) is 72.8 Å². The van der Waals surface area contributed by atoms with Crippen molar-refractivity contribution in [2.45, 2.75) is 0 Å². The van der Waals surface area contributed by atoms with Crippen molar-refractivity contribution in [1.82, 2.24) is 0 Å². The van der Waals surface area contributed by atoms with E-state index < -0.39 is 15.8 Å². The van der Waals surface area contributed by atoms with Gasteiger partial charge in [0.15, 0.2) is 0 Å². The Bertz CT molecular complexity index is 1230. The van der Waals surface area contributed by atoms with Crippen LogP contribution in [0.1, 0.15) is 0 Å². The van der Waals surface area contributed by atoms with Gasteiger partial charge in [-0.25, -0.2) is 0 Å². The van der Waals surface area contributed by atoms with E-state index in [1.807, 2.05) is 0 Å². The summed E-state index contributed by atoms with van der Waals surface area (Å²) in [4.78, 5) is 7.75. The first-order chi connectivity index (χ1) is 21.3. The fourth-order valence-electron chi connectivity index (χ4n) is 4.63. The molecule has 0 N–H and O–H groups in total. The number of hydrogen-bond acceptors (Lipinski definition) is 1. The maximum atomic E-state index is 7.75. The third-order valence-electron chi connectivity index (χ3n) is 6.37. The molecule has 0 aliphatic carbocycles. The van der Waals surface area contributed by atoms with E-state index in [1.165, 1.54) is 31.8 Å². The van der Waals surface area contributed by atoms with Gasteiger partial charge in [0.1, 0.15) is 31.8 Å². The third-order valence-corrected chi connectivity index (χ3v) is 11.8. The summed E-state index contributed by atoms with van der Waals surface area (Å²) < 4.78 is 0. The van der Waals surface area contributed by atoms with Gasteiger partial charge < -0.3 is 12.2 Å². The Kier molecular flexibility index (Phi) is 19.6. The number of rotatable bonds is 6. The van der Waals surface area contributed by atoms with Crippen LogP contribution in [-0.4, -0.2) is 6.79 Å². The Morgan fingerprint density at radius 1 is 0.386 bits per heavy atom. The molecule has 0 unspecified atom stereocenters. The van der Waals surface area contributed by atoms with Crippen LogP contribution in [0.5, 0.6) is 0 Å². The van der Waals surface area contributed by atoms with E-state index >= 15 is 0 Å². The van der Waals surface area contributed by atoms with E-state index in [-0.39, 0.29) is 20.0 Å². The molecule has 6 rings (SSSR count). The largest absolute Gasteiger partial charge is 0.102 e. The molecule has 0 heterocycles. The van der Waals surface area contributed by atoms with Crippen LogP contribution in [0.2, 0.25) is 0 Å². The SMILES string of the molecule is [CH-]=O.[CH3-].[Cl][Rh][I].c1ccc([PH+](c2ccccc2)c2ccccc2)cc1.c1ccc([PH+](c2ccccc2)c2ccccc2)cc1. The van der Waals surface area contributed by atoms with Crippen molar-refractivity contribution in [1.29, 1.82) is 0 Å². The molecule has 6 heteroatoms. The molecule has 1 nitrogen and oxygen atoms in total. The molecule has 0 spiro atoms. The van der Waals surface area contributed by atoms with E-state index in [0.717, 1.165) is 0 Å². The monoisotopic (exact) mass is 835 g/mol. The van der Waals surface area contributed by atoms with Gasteiger partial charge in [0.2, 0.25) is 0 Å². The summed E-state index contributed by atoms with van der Waals surface area (Å²) in [6.45, 7) is 3.25. The molecule has 0 atom stereocenters. The van der Waals surface area contributed by atoms with Crippen LogP contribution in [0.25, 0.3) is 0 Å². The van der Waals surface area contributed by atoms with E-state index in [1.54, 1.807) is 0 Å². The van der Waals surface area contributed by atoms with Crippen LogP contribution in [0.4, 0.5) is 0 Å². The molecule has 6 aromatic rings. The maximum Gasteiger partial charge on any atom is 0.102 e. The van der Waals surface area contributed by atoms with Crippen LogP contribution in [0.15, 0.2) is 182 Å². The standard InChI is InChI=1S/2C18H15P.CHO.CH3.ClH.HI.Rh/c2*1-4-10-16(11-5-1)19(17-12-6-2-7-13-17)18-14-8-3-9-15-18;1-2;;;;/h2*1-15H;1H;1H3;2*1H;/q;;2*-1;;;+2. The van der Waals surface area contributed by atoms with E-state index in [2.05, 4.69) is 209 Å². The molecule has 0 saturated heterocycles. The Balaban J connectivity index is 0.000000263. The van der Waals surface area contributed by atoms with Gasteiger partial charge in [-0.3, -0.25) is 6.79 Å². The predicted molar refractivity (Wildman–Crippen MR) is 206 cm³/mol. The molecule has 0 aliphatic rings. The van der Waals surface area contributed by atoms with Crippen molar-refractivity contribution >= 4 is 83.9 Å². The summed E-state index contributed by atoms with van der Waals surface area (Å²) in [5, 5.41) is 8.61. The second kappa shape index (κ2) is 22.9. The first-order valence-electron chi connectivity index (χ1n) is 13.5. The molecule has 0 aliphatic heterocycles. The van der Waals surface area contributed by atoms with Crippen LogP contribution in [0.3, 0.4) is 0 Å². The second-order valence-corrected chi connectivity index (χ2v) is 19.6. The Morgan fingerprint density at radius 2 is 0.500 bits per heavy atom. The molecule has 0 aromatic heterocycles. The number of benzene rings is 6. The van der Waals surface area contributed by atoms with Crippen molar-refractivity contribution < 1.29 is 17.4 Å². The van der Waals surface area contributed by atoms with Gasteiger partial charge in [0, 0.05) is 0 Å². The predicted octanol–water partition coefficient (Wildman–Crippen LogP) is 8.10. The maximum absolute atomic E-state index is 7.75. The summed E-state index contributed by atoms with van der Waals surface area (Å²) in [5.41, 5.74) is 0. The first kappa shape index (κ1) is 37.7. The van der Waals surface area contributed by atoms with Crippen molar-refractivity contribution in [3.63, 3.8) is 0 Å². The summed E-state index contributed by atoms with van der Waals surface area (Å²) >= 11 is 2.40. The fraction of sp³-hybridized carbons (Fsp3) is 0. The molecule has 0 fully saturated rings. The third kappa shape index (κ3) is 12.1. The van der Waals surface area contributed by atoms with Crippen LogP contribution in [-0.2, 0) is 17.4 Å². The molecule has 0 amide bonds. The number of halogens is 2. The Morgan fingerprint density at radius 3 is 0.614 bits per heavy atom. The molecule has 0 saturated carbocycles. The van der Waals surface area contributed by atoms with E-state index in [9.17, 15) is 0 Å². The second-order valence-electron chi connectivity index (χ2n) is 8.99. The van der Waals surface area contributed by atoms with Gasteiger partial charge in [0.25, 0.3) is 0 Å². The van der Waals surface area contributed by atoms with E-state index in [4.69, 9.17) is 14.5 Å². The first-order valence-corrected chi connectivity index (χ1v) is 23.4. The molecule has 44 heavy (non-hydrogen) atoms. The normalized spacial score (nSPS) is 9.73. The van der Waals surface area contributed by atoms with Crippen LogP contribution in [0, 0.1) is 7.43 Å². The van der Waals surface area contributed by atoms with Crippen molar-refractivity contribution in [2.24, 2.45) is 0 Å². The van der Waals surface area contributed by atoms with Gasteiger partial charge >= 0.3 is 42.1 Å². The zero-order valence-corrected chi connectivity index (χ0v) is 30.9. The average molecular weight is 836 g/mol. The summed E-state index contributed by atoms with van der Waals surface area (Å²) in [7, 11) is 3.30. The minimum absolute atomic E-state index is 0. The summed E-state index contributed by atoms with van der Waals surface area (Å²) in [6.07, 6.45) is 0. The van der Waals surface area contributed by atoms with Gasteiger partial charge in [-0.2, -0.15) is 0 Å². The zero-order chi connectivity index (χ0) is 30.5. The van der Waals surface area contributed by atoms with Gasteiger partial charge in [-0.15, -0.1) is 0 Å². The van der Waals surface area contributed by atoms with Crippen LogP contribution >= 0.6 is 45.3 Å². The van der Waals surface area contributed by atoms with Crippen molar-refractivity contribution in [3.8, 4) is 0 Å². The average Bonchev–Trinajstić information content (AvgIpc) is 3.10. The molecule has 6 aromatic carbocycles. The van der Waals surface area contributed by atoms with Gasteiger partial charge in [0.05, 0.1) is 15.8 Å². The zero-order valence-electron chi connectivity index (χ0n) is 24.4. The summed E-state index contributed by atoms with van der Waals surface area (Å²) in [6, 6.07) is 65.0. The molecule has 227 valence electrons. The molecular weight excluding hydrogens is 800 g/mol. The minimum Gasteiger partial charge on any atom is -0.0620 e. The Hall–Kier alpha value is -2.51. The van der Waals surface area contributed by atoms with Crippen molar-refractivity contribution in [3.05, 3.63) is 189 Å². The van der Waals surface area contributed by atoms with E-state index in [0.29, 0.717) is 0 Å². The van der Waals surface area contributed by atoms with Crippen molar-refractivity contribution in [2.75, 3.05) is 0 Å². The Labute approximate surface area is 288 Å². The number of carbonyl (C=O) groups excluding carboxylic acids is 1. The van der Waals surface area contributed by atoms with Gasteiger partial charge in [-0.1, -0.05) is 109 Å². The minimum atomic E-state index is -0.877. The molecular formula is C38H36ClIOP2Rh.